The average Bonchev–Trinajstić information content (AvgIpc) is 3.66. The zero-order valence-electron chi connectivity index (χ0n) is 22.1. The predicted octanol–water partition coefficient (Wildman–Crippen LogP) is 5.23. The number of piperidine rings is 1. The van der Waals surface area contributed by atoms with Gasteiger partial charge >= 0.3 is 0 Å². The summed E-state index contributed by atoms with van der Waals surface area (Å²) >= 11 is 1.75. The van der Waals surface area contributed by atoms with Crippen molar-refractivity contribution in [3.8, 4) is 0 Å². The van der Waals surface area contributed by atoms with E-state index in [0.717, 1.165) is 59.4 Å². The number of thiazole rings is 1. The molecule has 3 aliphatic heterocycles. The summed E-state index contributed by atoms with van der Waals surface area (Å²) in [5.41, 5.74) is 10.2. The summed E-state index contributed by atoms with van der Waals surface area (Å²) in [6.07, 6.45) is 2.88. The maximum Gasteiger partial charge on any atom is 0.275 e. The van der Waals surface area contributed by atoms with Crippen molar-refractivity contribution in [1.29, 1.82) is 0 Å². The Hall–Kier alpha value is -3.34. The number of aromatic nitrogens is 2. The number of halogens is 1. The monoisotopic (exact) mass is 546 g/mol. The minimum Gasteiger partial charge on any atom is -0.383 e. The number of amides is 1. The number of benzene rings is 2. The highest BCUT2D eigenvalue weighted by molar-refractivity contribution is 7.18. The minimum atomic E-state index is -0.598. The van der Waals surface area contributed by atoms with Crippen LogP contribution in [-0.2, 0) is 11.3 Å². The summed E-state index contributed by atoms with van der Waals surface area (Å²) in [7, 11) is 2.17. The van der Waals surface area contributed by atoms with Gasteiger partial charge in [0.2, 0.25) is 0 Å². The molecule has 2 fully saturated rings. The van der Waals surface area contributed by atoms with Gasteiger partial charge in [0, 0.05) is 36.0 Å². The first kappa shape index (κ1) is 24.7. The van der Waals surface area contributed by atoms with E-state index in [1.807, 2.05) is 24.1 Å². The van der Waals surface area contributed by atoms with E-state index in [1.54, 1.807) is 22.4 Å². The first-order valence-corrected chi connectivity index (χ1v) is 14.4. The van der Waals surface area contributed by atoms with Crippen LogP contribution >= 0.6 is 11.3 Å². The number of ether oxygens (including phenoxy) is 1. The molecule has 1 atom stereocenters. The van der Waals surface area contributed by atoms with E-state index in [2.05, 4.69) is 23.0 Å². The molecule has 2 aromatic carbocycles. The van der Waals surface area contributed by atoms with Crippen LogP contribution in [0.2, 0.25) is 0 Å². The number of carbonyl (C=O) groups is 1. The number of hydrogen-bond donors (Lipinski definition) is 1. The van der Waals surface area contributed by atoms with Gasteiger partial charge in [0.05, 0.1) is 44.7 Å². The highest BCUT2D eigenvalue weighted by Gasteiger charge is 2.32. The molecule has 7 rings (SSSR count). The van der Waals surface area contributed by atoms with E-state index >= 15 is 4.39 Å². The Balaban J connectivity index is 1.20. The molecule has 5 heterocycles. The summed E-state index contributed by atoms with van der Waals surface area (Å²) < 4.78 is 22.2. The molecule has 1 amide bonds. The maximum absolute atomic E-state index is 15.3. The van der Waals surface area contributed by atoms with Gasteiger partial charge in [-0.25, -0.2) is 19.4 Å². The van der Waals surface area contributed by atoms with Crippen molar-refractivity contribution in [3.05, 3.63) is 57.8 Å². The molecular weight excluding hydrogens is 515 g/mol. The molecule has 10 heteroatoms. The Bertz CT molecular complexity index is 1610. The van der Waals surface area contributed by atoms with Gasteiger partial charge < -0.3 is 15.4 Å². The molecule has 0 unspecified atom stereocenters. The van der Waals surface area contributed by atoms with Gasteiger partial charge in [0.15, 0.2) is 0 Å². The van der Waals surface area contributed by atoms with Crippen LogP contribution < -0.4 is 10.7 Å². The Morgan fingerprint density at radius 3 is 2.74 bits per heavy atom. The van der Waals surface area contributed by atoms with Crippen LogP contribution in [0.5, 0.6) is 0 Å². The number of rotatable bonds is 3. The molecule has 0 radical (unpaired) electrons. The second kappa shape index (κ2) is 9.39. The van der Waals surface area contributed by atoms with Crippen LogP contribution in [0.25, 0.3) is 21.1 Å². The Morgan fingerprint density at radius 2 is 1.92 bits per heavy atom. The van der Waals surface area contributed by atoms with Gasteiger partial charge in [-0.05, 0) is 76.2 Å². The number of hydrazine groups is 1. The third-order valence-corrected chi connectivity index (χ3v) is 9.57. The first-order chi connectivity index (χ1) is 18.9. The van der Waals surface area contributed by atoms with Crippen molar-refractivity contribution in [2.45, 2.75) is 44.8 Å². The van der Waals surface area contributed by atoms with E-state index < -0.39 is 5.82 Å². The van der Waals surface area contributed by atoms with Crippen molar-refractivity contribution in [2.24, 2.45) is 0 Å². The molecule has 202 valence electrons. The van der Waals surface area contributed by atoms with Crippen molar-refractivity contribution >= 4 is 49.9 Å². The number of hydrogen-bond acceptors (Lipinski definition) is 8. The summed E-state index contributed by atoms with van der Waals surface area (Å²) in [4.78, 5) is 25.5. The van der Waals surface area contributed by atoms with Crippen molar-refractivity contribution in [3.63, 3.8) is 0 Å². The number of anilines is 2. The molecule has 3 aliphatic rings. The standard InChI is InChI=1S/C29H31FN6O2S/c1-16-26-21(15-38-16)19-13-20(22(30)14-24(19)32-27(26)31)29(37)36-9-3-8-35(36)18-4-5-23-25(12-18)39-28(33-23)17-6-10-34(2)11-7-17/h4-5,12-14,16-17H,3,6-11,15H2,1-2H3,(H2,31,32)/t16-/m1/s1. The maximum atomic E-state index is 15.3. The average molecular weight is 547 g/mol. The summed E-state index contributed by atoms with van der Waals surface area (Å²) in [5, 5.41) is 5.54. The second-order valence-electron chi connectivity index (χ2n) is 10.9. The van der Waals surface area contributed by atoms with Crippen molar-refractivity contribution < 1.29 is 13.9 Å². The number of nitrogens with two attached hydrogens (primary N) is 1. The lowest BCUT2D eigenvalue weighted by molar-refractivity contribution is 0.0771. The topological polar surface area (TPSA) is 87.8 Å². The van der Waals surface area contributed by atoms with Gasteiger partial charge in [-0.1, -0.05) is 0 Å². The summed E-state index contributed by atoms with van der Waals surface area (Å²) in [6.45, 7) is 5.69. The van der Waals surface area contributed by atoms with Crippen molar-refractivity contribution in [1.82, 2.24) is 19.9 Å². The number of pyridine rings is 1. The number of carbonyl (C=O) groups excluding carboxylic acids is 1. The molecule has 4 aromatic rings. The highest BCUT2D eigenvalue weighted by atomic mass is 32.1. The third-order valence-electron chi connectivity index (χ3n) is 8.39. The highest BCUT2D eigenvalue weighted by Crippen LogP contribution is 2.39. The molecule has 2 aromatic heterocycles. The molecule has 0 saturated carbocycles. The van der Waals surface area contributed by atoms with Crippen LogP contribution in [0.4, 0.5) is 15.9 Å². The van der Waals surface area contributed by atoms with Crippen LogP contribution in [-0.4, -0.2) is 59.0 Å². The van der Waals surface area contributed by atoms with Crippen LogP contribution in [0.1, 0.15) is 64.7 Å². The zero-order chi connectivity index (χ0) is 26.8. The molecule has 0 bridgehead atoms. The number of fused-ring (bicyclic) bond motifs is 4. The fourth-order valence-electron chi connectivity index (χ4n) is 6.20. The van der Waals surface area contributed by atoms with Gasteiger partial charge in [-0.2, -0.15) is 0 Å². The van der Waals surface area contributed by atoms with E-state index in [0.29, 0.717) is 42.3 Å². The largest absolute Gasteiger partial charge is 0.383 e. The fourth-order valence-corrected chi connectivity index (χ4v) is 7.37. The van der Waals surface area contributed by atoms with E-state index in [1.165, 1.54) is 11.1 Å². The van der Waals surface area contributed by atoms with Gasteiger partial charge in [0.25, 0.3) is 5.91 Å². The fraction of sp³-hybridized carbons (Fsp3) is 0.414. The normalized spacial score (nSPS) is 20.4. The van der Waals surface area contributed by atoms with Gasteiger partial charge in [-0.15, -0.1) is 11.3 Å². The van der Waals surface area contributed by atoms with Crippen LogP contribution in [0.15, 0.2) is 30.3 Å². The molecule has 2 saturated heterocycles. The minimum absolute atomic E-state index is 0.0335. The second-order valence-corrected chi connectivity index (χ2v) is 11.9. The quantitative estimate of drug-likeness (QED) is 0.376. The van der Waals surface area contributed by atoms with Gasteiger partial charge in [-0.3, -0.25) is 9.80 Å². The molecule has 2 N–H and O–H groups in total. The van der Waals surface area contributed by atoms with Crippen LogP contribution in [0.3, 0.4) is 0 Å². The van der Waals surface area contributed by atoms with Crippen molar-refractivity contribution in [2.75, 3.05) is 44.0 Å². The lowest BCUT2D eigenvalue weighted by atomic mass is 9.98. The van der Waals surface area contributed by atoms with Gasteiger partial charge in [0.1, 0.15) is 11.6 Å². The van der Waals surface area contributed by atoms with E-state index in [9.17, 15) is 4.79 Å². The predicted molar refractivity (Wildman–Crippen MR) is 151 cm³/mol. The Kier molecular flexibility index (Phi) is 5.94. The lowest BCUT2D eigenvalue weighted by Crippen LogP contribution is -2.41. The molecular formula is C29H31FN6O2S. The Labute approximate surface area is 230 Å². The lowest BCUT2D eigenvalue weighted by Gasteiger charge is -2.30. The number of nitrogen functional groups attached to an aromatic ring is 1. The molecule has 8 nitrogen and oxygen atoms in total. The Morgan fingerprint density at radius 1 is 1.10 bits per heavy atom. The first-order valence-electron chi connectivity index (χ1n) is 13.6. The molecule has 0 spiro atoms. The molecule has 39 heavy (non-hydrogen) atoms. The number of likely N-dealkylation sites (tertiary alicyclic amines) is 1. The van der Waals surface area contributed by atoms with E-state index in [4.69, 9.17) is 15.5 Å². The molecule has 0 aliphatic carbocycles. The van der Waals surface area contributed by atoms with Crippen LogP contribution in [0, 0.1) is 5.82 Å². The summed E-state index contributed by atoms with van der Waals surface area (Å²) in [6, 6.07) is 9.11. The number of nitrogens with zero attached hydrogens (tertiary/aromatic N) is 5. The summed E-state index contributed by atoms with van der Waals surface area (Å²) in [5.74, 6) is -0.105. The zero-order valence-corrected chi connectivity index (χ0v) is 22.9. The third kappa shape index (κ3) is 4.13. The van der Waals surface area contributed by atoms with E-state index in [-0.39, 0.29) is 17.6 Å². The smallest absolute Gasteiger partial charge is 0.275 e. The SMILES string of the molecule is C[C@H]1OCc2c1c(N)nc1cc(F)c(C(=O)N3CCCN3c3ccc4nc(C5CCN(C)CC5)sc4c3)cc21.